The third-order valence-corrected chi connectivity index (χ3v) is 6.37. The molecule has 0 radical (unpaired) electrons. The number of aliphatic imine (C=N–C) groups is 1. The Labute approximate surface area is 198 Å². The van der Waals surface area contributed by atoms with Gasteiger partial charge in [-0.15, -0.1) is 0 Å². The number of aromatic carboxylic acids is 1. The Hall–Kier alpha value is -3.00. The van der Waals surface area contributed by atoms with E-state index in [4.69, 9.17) is 27.6 Å². The van der Waals surface area contributed by atoms with Crippen LogP contribution in [0.3, 0.4) is 0 Å². The van der Waals surface area contributed by atoms with Crippen LogP contribution in [0, 0.1) is 0 Å². The minimum absolute atomic E-state index is 0.130. The quantitative estimate of drug-likeness (QED) is 0.412. The molecule has 0 bridgehead atoms. The summed E-state index contributed by atoms with van der Waals surface area (Å²) in [5.41, 5.74) is 1.36. The number of thioether (sulfide) groups is 1. The number of benzene rings is 2. The van der Waals surface area contributed by atoms with Crippen molar-refractivity contribution in [2.24, 2.45) is 4.99 Å². The van der Waals surface area contributed by atoms with Crippen LogP contribution in [0.1, 0.15) is 23.0 Å². The zero-order valence-electron chi connectivity index (χ0n) is 16.7. The molecule has 162 valence electrons. The first-order chi connectivity index (χ1) is 15.4. The molecule has 0 atom stereocenters. The minimum Gasteiger partial charge on any atom is -0.478 e. The van der Waals surface area contributed by atoms with Gasteiger partial charge in [0.1, 0.15) is 11.5 Å². The van der Waals surface area contributed by atoms with Crippen molar-refractivity contribution < 1.29 is 19.1 Å². The molecule has 1 N–H and O–H groups in total. The van der Waals surface area contributed by atoms with E-state index in [1.807, 2.05) is 6.92 Å². The molecule has 1 fully saturated rings. The van der Waals surface area contributed by atoms with Crippen molar-refractivity contribution in [3.63, 3.8) is 0 Å². The number of nitrogens with zero attached hydrogens (tertiary/aromatic N) is 2. The fourth-order valence-electron chi connectivity index (χ4n) is 3.05. The van der Waals surface area contributed by atoms with E-state index in [1.165, 1.54) is 28.8 Å². The Balaban J connectivity index is 1.62. The minimum atomic E-state index is -1.04. The lowest BCUT2D eigenvalue weighted by Gasteiger charge is -2.12. The van der Waals surface area contributed by atoms with Crippen molar-refractivity contribution in [2.45, 2.75) is 6.92 Å². The van der Waals surface area contributed by atoms with Gasteiger partial charge in [0.25, 0.3) is 5.91 Å². The van der Waals surface area contributed by atoms with Gasteiger partial charge < -0.3 is 9.52 Å². The summed E-state index contributed by atoms with van der Waals surface area (Å²) >= 11 is 13.3. The van der Waals surface area contributed by atoms with Crippen molar-refractivity contribution in [2.75, 3.05) is 6.54 Å². The summed E-state index contributed by atoms with van der Waals surface area (Å²) in [6, 6.07) is 15.0. The van der Waals surface area contributed by atoms with Gasteiger partial charge in [0.2, 0.25) is 0 Å². The molecule has 32 heavy (non-hydrogen) atoms. The molecule has 0 unspecified atom stereocenters. The molecule has 9 heteroatoms. The van der Waals surface area contributed by atoms with Crippen LogP contribution in [0.15, 0.2) is 68.9 Å². The fourth-order valence-corrected chi connectivity index (χ4v) is 4.39. The molecule has 4 rings (SSSR count). The number of rotatable bonds is 5. The van der Waals surface area contributed by atoms with E-state index in [-0.39, 0.29) is 11.5 Å². The lowest BCUT2D eigenvalue weighted by molar-refractivity contribution is -0.122. The number of carboxylic acids is 1. The Kier molecular flexibility index (Phi) is 6.41. The monoisotopic (exact) mass is 486 g/mol. The number of likely N-dealkylation sites (N-methyl/N-ethyl adjacent to an activating group) is 1. The predicted molar refractivity (Wildman–Crippen MR) is 128 cm³/mol. The Morgan fingerprint density at radius 2 is 1.97 bits per heavy atom. The molecular formula is C23H16Cl2N2O4S. The average Bonchev–Trinajstić information content (AvgIpc) is 3.35. The summed E-state index contributed by atoms with van der Waals surface area (Å²) in [5, 5.41) is 10.5. The van der Waals surface area contributed by atoms with Gasteiger partial charge in [0.05, 0.1) is 26.2 Å². The number of amidine groups is 1. The highest BCUT2D eigenvalue weighted by molar-refractivity contribution is 8.18. The third kappa shape index (κ3) is 4.60. The number of carboxylic acid groups (broad SMARTS) is 1. The summed E-state index contributed by atoms with van der Waals surface area (Å²) in [5.74, 6) is -0.131. The van der Waals surface area contributed by atoms with Crippen LogP contribution in [0.5, 0.6) is 0 Å². The van der Waals surface area contributed by atoms with Gasteiger partial charge in [-0.1, -0.05) is 29.3 Å². The zero-order valence-corrected chi connectivity index (χ0v) is 19.0. The maximum absolute atomic E-state index is 12.9. The van der Waals surface area contributed by atoms with Crippen LogP contribution in [-0.4, -0.2) is 33.6 Å². The number of furan rings is 1. The molecule has 0 aliphatic carbocycles. The smallest absolute Gasteiger partial charge is 0.335 e. The molecule has 0 spiro atoms. The van der Waals surface area contributed by atoms with Gasteiger partial charge in [-0.05, 0) is 67.2 Å². The van der Waals surface area contributed by atoms with Crippen LogP contribution in [0.2, 0.25) is 10.0 Å². The van der Waals surface area contributed by atoms with E-state index in [0.717, 1.165) is 5.56 Å². The van der Waals surface area contributed by atoms with Crippen LogP contribution in [-0.2, 0) is 4.79 Å². The van der Waals surface area contributed by atoms with E-state index < -0.39 is 5.97 Å². The summed E-state index contributed by atoms with van der Waals surface area (Å²) in [6.45, 7) is 2.27. The standard InChI is InChI=1S/C23H16Cl2N2O4S/c1-2-27-21(28)20(32-23(27)26-15-5-3-4-14(10-15)22(29)30)12-16-7-9-19(31-16)13-6-8-17(24)18(25)11-13/h3-12H,2H2,1H3,(H,29,30). The van der Waals surface area contributed by atoms with Crippen molar-refractivity contribution in [1.29, 1.82) is 0 Å². The molecule has 6 nitrogen and oxygen atoms in total. The molecule has 1 saturated heterocycles. The topological polar surface area (TPSA) is 83.1 Å². The normalized spacial score (nSPS) is 16.3. The molecule has 1 aliphatic heterocycles. The number of halogens is 2. The second-order valence-corrected chi connectivity index (χ2v) is 8.56. The first-order valence-electron chi connectivity index (χ1n) is 9.54. The first-order valence-corrected chi connectivity index (χ1v) is 11.1. The maximum Gasteiger partial charge on any atom is 0.335 e. The molecule has 1 amide bonds. The van der Waals surface area contributed by atoms with E-state index in [9.17, 15) is 14.7 Å². The van der Waals surface area contributed by atoms with Gasteiger partial charge in [-0.3, -0.25) is 9.69 Å². The van der Waals surface area contributed by atoms with Crippen LogP contribution in [0.4, 0.5) is 5.69 Å². The van der Waals surface area contributed by atoms with E-state index in [0.29, 0.717) is 43.9 Å². The Morgan fingerprint density at radius 1 is 1.16 bits per heavy atom. The largest absolute Gasteiger partial charge is 0.478 e. The van der Waals surface area contributed by atoms with Crippen molar-refractivity contribution >= 4 is 63.8 Å². The summed E-state index contributed by atoms with van der Waals surface area (Å²) in [7, 11) is 0. The SMILES string of the molecule is CCN1C(=O)C(=Cc2ccc(-c3ccc(Cl)c(Cl)c3)o2)SC1=Nc1cccc(C(=O)O)c1. The molecular weight excluding hydrogens is 471 g/mol. The van der Waals surface area contributed by atoms with Crippen molar-refractivity contribution in [3.8, 4) is 11.3 Å². The highest BCUT2D eigenvalue weighted by atomic mass is 35.5. The average molecular weight is 487 g/mol. The molecule has 1 aliphatic rings. The molecule has 3 aromatic rings. The van der Waals surface area contributed by atoms with E-state index in [2.05, 4.69) is 4.99 Å². The summed E-state index contributed by atoms with van der Waals surface area (Å²) in [6.07, 6.45) is 1.66. The fraction of sp³-hybridized carbons (Fsp3) is 0.0870. The molecule has 1 aromatic heterocycles. The van der Waals surface area contributed by atoms with Gasteiger partial charge in [-0.2, -0.15) is 0 Å². The van der Waals surface area contributed by atoms with Crippen molar-refractivity contribution in [3.05, 3.63) is 80.9 Å². The molecule has 2 aromatic carbocycles. The second-order valence-electron chi connectivity index (χ2n) is 6.74. The third-order valence-electron chi connectivity index (χ3n) is 4.63. The van der Waals surface area contributed by atoms with Gasteiger partial charge >= 0.3 is 5.97 Å². The van der Waals surface area contributed by atoms with Crippen LogP contribution >= 0.6 is 35.0 Å². The van der Waals surface area contributed by atoms with E-state index in [1.54, 1.807) is 48.5 Å². The lowest BCUT2D eigenvalue weighted by atomic mass is 10.2. The van der Waals surface area contributed by atoms with Crippen molar-refractivity contribution in [1.82, 2.24) is 4.90 Å². The lowest BCUT2D eigenvalue weighted by Crippen LogP contribution is -2.28. The van der Waals surface area contributed by atoms with Gasteiger partial charge in [0.15, 0.2) is 5.17 Å². The zero-order chi connectivity index (χ0) is 22.8. The highest BCUT2D eigenvalue weighted by Crippen LogP contribution is 2.35. The second kappa shape index (κ2) is 9.24. The Morgan fingerprint density at radius 3 is 2.69 bits per heavy atom. The van der Waals surface area contributed by atoms with Gasteiger partial charge in [0, 0.05) is 18.2 Å². The number of hydrogen-bond acceptors (Lipinski definition) is 5. The Bertz CT molecular complexity index is 1280. The van der Waals surface area contributed by atoms with Crippen LogP contribution in [0.25, 0.3) is 17.4 Å². The predicted octanol–water partition coefficient (Wildman–Crippen LogP) is 6.58. The van der Waals surface area contributed by atoms with Crippen LogP contribution < -0.4 is 0 Å². The number of carbonyl (C=O) groups excluding carboxylic acids is 1. The van der Waals surface area contributed by atoms with Gasteiger partial charge in [-0.25, -0.2) is 9.79 Å². The summed E-state index contributed by atoms with van der Waals surface area (Å²) < 4.78 is 5.87. The number of hydrogen-bond donors (Lipinski definition) is 1. The van der Waals surface area contributed by atoms with E-state index >= 15 is 0 Å². The maximum atomic E-state index is 12.9. The molecule has 0 saturated carbocycles. The summed E-state index contributed by atoms with van der Waals surface area (Å²) in [4.78, 5) is 30.5. The molecule has 2 heterocycles. The first kappa shape index (κ1) is 22.2. The highest BCUT2D eigenvalue weighted by Gasteiger charge is 2.32. The number of carbonyl (C=O) groups is 2. The number of amides is 1.